The zero-order valence-electron chi connectivity index (χ0n) is 21.8. The van der Waals surface area contributed by atoms with Gasteiger partial charge in [-0.15, -0.1) is 0 Å². The predicted octanol–water partition coefficient (Wildman–Crippen LogP) is 2.83. The maximum Gasteiger partial charge on any atom is 0.367 e. The number of rotatable bonds is 18. The molecule has 0 fully saturated rings. The van der Waals surface area contributed by atoms with Crippen molar-refractivity contribution in [3.8, 4) is 0 Å². The maximum absolute atomic E-state index is 13.0. The Morgan fingerprint density at radius 2 is 1.62 bits per heavy atom. The van der Waals surface area contributed by atoms with Crippen molar-refractivity contribution in [2.24, 2.45) is 5.41 Å². The molecule has 0 saturated carbocycles. The molecule has 0 spiro atoms. The fraction of sp³-hybridized carbons (Fsp3) is 0.870. The summed E-state index contributed by atoms with van der Waals surface area (Å²) in [5.74, 6) is -2.19. The van der Waals surface area contributed by atoms with E-state index in [1.807, 2.05) is 27.7 Å². The molecule has 8 nitrogen and oxygen atoms in total. The highest BCUT2D eigenvalue weighted by Gasteiger charge is 2.29. The molecule has 0 aromatic rings. The highest BCUT2D eigenvalue weighted by Crippen LogP contribution is 2.29. The number of ether oxygens (including phenoxy) is 2. The van der Waals surface area contributed by atoms with Gasteiger partial charge in [-0.2, -0.15) is 0 Å². The van der Waals surface area contributed by atoms with Crippen LogP contribution >= 0.6 is 0 Å². The summed E-state index contributed by atoms with van der Waals surface area (Å²) in [6, 6.07) is 0. The molecule has 0 rings (SSSR count). The van der Waals surface area contributed by atoms with Crippen molar-refractivity contribution in [2.75, 3.05) is 26.4 Å². The molecule has 197 valence electrons. The zero-order chi connectivity index (χ0) is 26.4. The van der Waals surface area contributed by atoms with Crippen LogP contribution in [-0.2, 0) is 23.9 Å². The Labute approximate surface area is 203 Å². The average molecular weight is 490 g/mol. The first-order valence-corrected chi connectivity index (χ1v) is 11.8. The minimum Gasteiger partial charge on any atom is -0.379 e. The van der Waals surface area contributed by atoms with E-state index in [9.17, 15) is 23.1 Å². The van der Waals surface area contributed by atoms with E-state index in [4.69, 9.17) is 9.47 Å². The Morgan fingerprint density at radius 3 is 2.18 bits per heavy atom. The minimum atomic E-state index is -1.07. The van der Waals surface area contributed by atoms with Crippen molar-refractivity contribution in [1.82, 2.24) is 16.0 Å². The fourth-order valence-corrected chi connectivity index (χ4v) is 3.00. The summed E-state index contributed by atoms with van der Waals surface area (Å²) in [6.45, 7) is 12.6. The lowest BCUT2D eigenvalue weighted by molar-refractivity contribution is -0.126. The number of hydrogen-bond donors (Lipinski definition) is 3. The van der Waals surface area contributed by atoms with Crippen molar-refractivity contribution in [2.45, 2.75) is 97.8 Å². The number of amides is 3. The summed E-state index contributed by atoms with van der Waals surface area (Å²) in [5, 5.41) is 8.04. The van der Waals surface area contributed by atoms with E-state index in [0.717, 1.165) is 0 Å². The summed E-state index contributed by atoms with van der Waals surface area (Å²) in [4.78, 5) is 36.2. The molecule has 1 radical (unpaired) electrons. The summed E-state index contributed by atoms with van der Waals surface area (Å²) in [6.07, 6.45) is 0.329. The van der Waals surface area contributed by atoms with Gasteiger partial charge < -0.3 is 29.7 Å². The molecule has 0 heterocycles. The van der Waals surface area contributed by atoms with Crippen molar-refractivity contribution >= 4 is 25.3 Å². The van der Waals surface area contributed by atoms with E-state index in [-0.39, 0.29) is 57.9 Å². The summed E-state index contributed by atoms with van der Waals surface area (Å²) >= 11 is 0. The standard InChI is InChI=1S/C23H43BF2N3O5/c1-16(2)33-13-10-23(6,7)29-20(31)9-12-34-17(3)28-19(30)8-11-27-21(32)18(24-26)14-22(4,5)15-25/h16-18H,8-15H2,1-7H3,(H,27,32)(H,28,30)(H,29,31). The summed E-state index contributed by atoms with van der Waals surface area (Å²) in [7, 11) is 0.249. The lowest BCUT2D eigenvalue weighted by atomic mass is 9.71. The minimum absolute atomic E-state index is 0.00971. The Kier molecular flexibility index (Phi) is 15.2. The second kappa shape index (κ2) is 16.0. The summed E-state index contributed by atoms with van der Waals surface area (Å²) in [5.41, 5.74) is -1.22. The lowest BCUT2D eigenvalue weighted by Crippen LogP contribution is -2.45. The first-order valence-electron chi connectivity index (χ1n) is 11.8. The first kappa shape index (κ1) is 32.3. The van der Waals surface area contributed by atoms with Crippen LogP contribution in [0.3, 0.4) is 0 Å². The SMILES string of the molecule is CC(C)OCCC(C)(C)NC(=O)CCOC(C)NC(=O)CCNC(=O)C([B]F)CC(C)(C)CF. The van der Waals surface area contributed by atoms with Gasteiger partial charge in [0.1, 0.15) is 6.23 Å². The van der Waals surface area contributed by atoms with Crippen LogP contribution in [0.1, 0.15) is 74.1 Å². The van der Waals surface area contributed by atoms with E-state index in [1.54, 1.807) is 20.8 Å². The molecule has 2 atom stereocenters. The number of carbonyl (C=O) groups is 3. The predicted molar refractivity (Wildman–Crippen MR) is 129 cm³/mol. The number of carbonyl (C=O) groups excluding carboxylic acids is 3. The smallest absolute Gasteiger partial charge is 0.367 e. The molecular weight excluding hydrogens is 447 g/mol. The van der Waals surface area contributed by atoms with Crippen molar-refractivity contribution in [3.63, 3.8) is 0 Å². The monoisotopic (exact) mass is 490 g/mol. The van der Waals surface area contributed by atoms with Gasteiger partial charge in [0.15, 0.2) is 0 Å². The molecule has 3 amide bonds. The van der Waals surface area contributed by atoms with Crippen LogP contribution in [0.25, 0.3) is 0 Å². The molecule has 34 heavy (non-hydrogen) atoms. The third kappa shape index (κ3) is 16.0. The van der Waals surface area contributed by atoms with Crippen molar-refractivity contribution in [1.29, 1.82) is 0 Å². The van der Waals surface area contributed by atoms with Gasteiger partial charge in [-0.05, 0) is 52.9 Å². The van der Waals surface area contributed by atoms with E-state index in [1.165, 1.54) is 0 Å². The van der Waals surface area contributed by atoms with Crippen LogP contribution in [-0.4, -0.2) is 69.6 Å². The number of nitrogens with one attached hydrogen (secondary N) is 3. The topological polar surface area (TPSA) is 106 Å². The molecule has 0 aliphatic heterocycles. The third-order valence-electron chi connectivity index (χ3n) is 4.99. The largest absolute Gasteiger partial charge is 0.379 e. The molecule has 3 N–H and O–H groups in total. The zero-order valence-corrected chi connectivity index (χ0v) is 21.8. The molecule has 0 bridgehead atoms. The van der Waals surface area contributed by atoms with Gasteiger partial charge >= 0.3 is 7.56 Å². The van der Waals surface area contributed by atoms with Crippen LogP contribution in [0.15, 0.2) is 0 Å². The van der Waals surface area contributed by atoms with E-state index in [0.29, 0.717) is 13.0 Å². The van der Waals surface area contributed by atoms with E-state index in [2.05, 4.69) is 16.0 Å². The van der Waals surface area contributed by atoms with E-state index >= 15 is 0 Å². The Morgan fingerprint density at radius 1 is 0.971 bits per heavy atom. The summed E-state index contributed by atoms with van der Waals surface area (Å²) < 4.78 is 37.0. The molecule has 2 unspecified atom stereocenters. The second-order valence-electron chi connectivity index (χ2n) is 10.2. The van der Waals surface area contributed by atoms with Crippen LogP contribution in [0, 0.1) is 5.41 Å². The number of hydrogen-bond acceptors (Lipinski definition) is 5. The van der Waals surface area contributed by atoms with Gasteiger partial charge in [0.05, 0.1) is 25.8 Å². The fourth-order valence-electron chi connectivity index (χ4n) is 3.00. The Balaban J connectivity index is 4.15. The van der Waals surface area contributed by atoms with Gasteiger partial charge in [-0.3, -0.25) is 18.8 Å². The molecule has 0 aliphatic carbocycles. The molecule has 0 aliphatic rings. The maximum atomic E-state index is 13.0. The molecule has 0 aromatic carbocycles. The Hall–Kier alpha value is -1.75. The van der Waals surface area contributed by atoms with Crippen LogP contribution in [0.5, 0.6) is 0 Å². The number of halogens is 2. The van der Waals surface area contributed by atoms with Crippen LogP contribution in [0.4, 0.5) is 8.71 Å². The van der Waals surface area contributed by atoms with Gasteiger partial charge in [-0.1, -0.05) is 13.8 Å². The molecule has 11 heteroatoms. The van der Waals surface area contributed by atoms with Crippen molar-refractivity contribution in [3.05, 3.63) is 0 Å². The third-order valence-corrected chi connectivity index (χ3v) is 4.99. The van der Waals surface area contributed by atoms with Gasteiger partial charge in [0.2, 0.25) is 17.7 Å². The van der Waals surface area contributed by atoms with Crippen molar-refractivity contribution < 1.29 is 32.6 Å². The number of alkyl halides is 1. The quantitative estimate of drug-likeness (QED) is 0.202. The second-order valence-corrected chi connectivity index (χ2v) is 10.2. The average Bonchev–Trinajstić information content (AvgIpc) is 2.70. The lowest BCUT2D eigenvalue weighted by Gasteiger charge is -2.27. The van der Waals surface area contributed by atoms with Gasteiger partial charge in [0.25, 0.3) is 0 Å². The van der Waals surface area contributed by atoms with Crippen LogP contribution in [0.2, 0.25) is 5.82 Å². The normalized spacial score (nSPS) is 13.8. The van der Waals surface area contributed by atoms with Gasteiger partial charge in [-0.25, -0.2) is 0 Å². The van der Waals surface area contributed by atoms with E-state index < -0.39 is 35.6 Å². The first-order chi connectivity index (χ1) is 15.7. The molecular formula is C23H43BF2N3O5. The molecule has 0 saturated heterocycles. The van der Waals surface area contributed by atoms with Gasteiger partial charge in [0, 0.05) is 30.9 Å². The van der Waals surface area contributed by atoms with Crippen LogP contribution < -0.4 is 16.0 Å². The highest BCUT2D eigenvalue weighted by molar-refractivity contribution is 6.36. The highest BCUT2D eigenvalue weighted by atomic mass is 19.1. The molecule has 0 aromatic heterocycles. The Bertz CT molecular complexity index is 636.